The van der Waals surface area contributed by atoms with Gasteiger partial charge in [-0.1, -0.05) is 0 Å². The second-order valence-corrected chi connectivity index (χ2v) is 3.06. The van der Waals surface area contributed by atoms with Crippen molar-refractivity contribution in [3.63, 3.8) is 0 Å². The second kappa shape index (κ2) is 2.30. The van der Waals surface area contributed by atoms with Crippen LogP contribution < -0.4 is 0 Å². The molecule has 2 rings (SSSR count). The van der Waals surface area contributed by atoms with Crippen molar-refractivity contribution in [2.45, 2.75) is 13.8 Å². The zero-order valence-corrected chi connectivity index (χ0v) is 7.50. The minimum Gasteiger partial charge on any atom is -0.333 e. The SMILES string of the molecule is Cc1ncc2ncn(C)c2c1C. The van der Waals surface area contributed by atoms with Crippen molar-refractivity contribution in [3.8, 4) is 0 Å². The number of pyridine rings is 1. The average Bonchev–Trinajstić information content (AvgIpc) is 2.41. The Labute approximate surface area is 71.1 Å². The lowest BCUT2D eigenvalue weighted by atomic mass is 10.2. The molecule has 0 aliphatic carbocycles. The molecule has 0 spiro atoms. The Bertz CT molecular complexity index is 429. The number of nitrogens with zero attached hydrogens (tertiary/aromatic N) is 3. The highest BCUT2D eigenvalue weighted by atomic mass is 15.0. The third-order valence-corrected chi connectivity index (χ3v) is 2.24. The molecule has 0 aromatic carbocycles. The van der Waals surface area contributed by atoms with E-state index in [2.05, 4.69) is 16.9 Å². The summed E-state index contributed by atoms with van der Waals surface area (Å²) in [5, 5.41) is 0. The van der Waals surface area contributed by atoms with Crippen molar-refractivity contribution in [2.75, 3.05) is 0 Å². The van der Waals surface area contributed by atoms with Crippen LogP contribution >= 0.6 is 0 Å². The zero-order chi connectivity index (χ0) is 8.72. The normalized spacial score (nSPS) is 10.9. The third-order valence-electron chi connectivity index (χ3n) is 2.24. The lowest BCUT2D eigenvalue weighted by Gasteiger charge is -2.01. The third kappa shape index (κ3) is 0.826. The van der Waals surface area contributed by atoms with Gasteiger partial charge in [-0.15, -0.1) is 0 Å². The summed E-state index contributed by atoms with van der Waals surface area (Å²) in [7, 11) is 2.00. The van der Waals surface area contributed by atoms with Gasteiger partial charge in [0.15, 0.2) is 0 Å². The molecule has 0 unspecified atom stereocenters. The van der Waals surface area contributed by atoms with Crippen LogP contribution in [-0.2, 0) is 7.05 Å². The maximum atomic E-state index is 4.24. The molecule has 3 heteroatoms. The Morgan fingerprint density at radius 2 is 2.00 bits per heavy atom. The van der Waals surface area contributed by atoms with E-state index in [1.807, 2.05) is 31.1 Å². The second-order valence-electron chi connectivity index (χ2n) is 3.06. The molecule has 0 aliphatic heterocycles. The largest absolute Gasteiger partial charge is 0.333 e. The maximum Gasteiger partial charge on any atom is 0.107 e. The monoisotopic (exact) mass is 161 g/mol. The van der Waals surface area contributed by atoms with Gasteiger partial charge in [-0.25, -0.2) is 4.98 Å². The molecule has 0 saturated carbocycles. The first-order chi connectivity index (χ1) is 5.70. The number of aromatic nitrogens is 3. The van der Waals surface area contributed by atoms with Gasteiger partial charge in [0.25, 0.3) is 0 Å². The first-order valence-corrected chi connectivity index (χ1v) is 3.93. The Hall–Kier alpha value is -1.38. The number of aryl methyl sites for hydroxylation is 3. The van der Waals surface area contributed by atoms with E-state index in [0.29, 0.717) is 0 Å². The maximum absolute atomic E-state index is 4.24. The Balaban J connectivity index is 2.96. The van der Waals surface area contributed by atoms with Gasteiger partial charge in [-0.05, 0) is 19.4 Å². The molecule has 3 nitrogen and oxygen atoms in total. The zero-order valence-electron chi connectivity index (χ0n) is 7.50. The van der Waals surface area contributed by atoms with Crippen molar-refractivity contribution in [1.29, 1.82) is 0 Å². The fraction of sp³-hybridized carbons (Fsp3) is 0.333. The molecule has 0 N–H and O–H groups in total. The van der Waals surface area contributed by atoms with Gasteiger partial charge < -0.3 is 4.57 Å². The number of hydrogen-bond donors (Lipinski definition) is 0. The molecular weight excluding hydrogens is 150 g/mol. The minimum absolute atomic E-state index is 0.973. The summed E-state index contributed by atoms with van der Waals surface area (Å²) >= 11 is 0. The Morgan fingerprint density at radius 3 is 2.75 bits per heavy atom. The molecule has 0 amide bonds. The molecule has 0 atom stereocenters. The average molecular weight is 161 g/mol. The van der Waals surface area contributed by atoms with Crippen molar-refractivity contribution in [2.24, 2.45) is 7.05 Å². The van der Waals surface area contributed by atoms with Gasteiger partial charge in [0.1, 0.15) is 5.52 Å². The van der Waals surface area contributed by atoms with Gasteiger partial charge in [0.05, 0.1) is 18.0 Å². The van der Waals surface area contributed by atoms with Gasteiger partial charge in [0.2, 0.25) is 0 Å². The van der Waals surface area contributed by atoms with Crippen LogP contribution in [0.15, 0.2) is 12.5 Å². The van der Waals surface area contributed by atoms with Crippen molar-refractivity contribution >= 4 is 11.0 Å². The molecule has 2 aromatic rings. The highest BCUT2D eigenvalue weighted by Crippen LogP contribution is 2.16. The van der Waals surface area contributed by atoms with Crippen LogP contribution in [0.2, 0.25) is 0 Å². The van der Waals surface area contributed by atoms with Crippen LogP contribution in [0.1, 0.15) is 11.3 Å². The predicted octanol–water partition coefficient (Wildman–Crippen LogP) is 1.59. The van der Waals surface area contributed by atoms with E-state index in [4.69, 9.17) is 0 Å². The fourth-order valence-corrected chi connectivity index (χ4v) is 1.43. The van der Waals surface area contributed by atoms with Crippen LogP contribution in [0.4, 0.5) is 0 Å². The smallest absolute Gasteiger partial charge is 0.107 e. The molecule has 0 aliphatic rings. The molecule has 0 bridgehead atoms. The van der Waals surface area contributed by atoms with Crippen LogP contribution in [0.3, 0.4) is 0 Å². The van der Waals surface area contributed by atoms with Crippen molar-refractivity contribution in [1.82, 2.24) is 14.5 Å². The highest BCUT2D eigenvalue weighted by Gasteiger charge is 2.04. The minimum atomic E-state index is 0.973. The van der Waals surface area contributed by atoms with Gasteiger partial charge >= 0.3 is 0 Å². The van der Waals surface area contributed by atoms with Gasteiger partial charge in [-0.2, -0.15) is 0 Å². The van der Waals surface area contributed by atoms with Gasteiger partial charge in [-0.3, -0.25) is 4.98 Å². The van der Waals surface area contributed by atoms with Crippen LogP contribution in [-0.4, -0.2) is 14.5 Å². The van der Waals surface area contributed by atoms with E-state index < -0.39 is 0 Å². The van der Waals surface area contributed by atoms with Crippen molar-refractivity contribution < 1.29 is 0 Å². The summed E-state index contributed by atoms with van der Waals surface area (Å²) in [5.41, 5.74) is 4.45. The summed E-state index contributed by atoms with van der Waals surface area (Å²) in [6.07, 6.45) is 3.64. The fourth-order valence-electron chi connectivity index (χ4n) is 1.43. The number of fused-ring (bicyclic) bond motifs is 1. The number of imidazole rings is 1. The molecular formula is C9H11N3. The molecule has 0 fully saturated rings. The van der Waals surface area contributed by atoms with E-state index >= 15 is 0 Å². The summed E-state index contributed by atoms with van der Waals surface area (Å²) in [6.45, 7) is 4.09. The number of hydrogen-bond acceptors (Lipinski definition) is 2. The van der Waals surface area contributed by atoms with Gasteiger partial charge in [0, 0.05) is 12.7 Å². The quantitative estimate of drug-likeness (QED) is 0.587. The lowest BCUT2D eigenvalue weighted by Crippen LogP contribution is -1.92. The molecule has 0 radical (unpaired) electrons. The Kier molecular flexibility index (Phi) is 1.40. The van der Waals surface area contributed by atoms with E-state index in [-0.39, 0.29) is 0 Å². The van der Waals surface area contributed by atoms with E-state index in [1.54, 1.807) is 0 Å². The number of rotatable bonds is 0. The van der Waals surface area contributed by atoms with Crippen LogP contribution in [0, 0.1) is 13.8 Å². The molecule has 62 valence electrons. The predicted molar refractivity (Wildman–Crippen MR) is 48.0 cm³/mol. The lowest BCUT2D eigenvalue weighted by molar-refractivity contribution is 0.941. The highest BCUT2D eigenvalue weighted by molar-refractivity contribution is 5.78. The summed E-state index contributed by atoms with van der Waals surface area (Å²) in [5.74, 6) is 0. The first-order valence-electron chi connectivity index (χ1n) is 3.93. The topological polar surface area (TPSA) is 30.7 Å². The summed E-state index contributed by atoms with van der Waals surface area (Å²) in [4.78, 5) is 8.46. The van der Waals surface area contributed by atoms with Crippen LogP contribution in [0.5, 0.6) is 0 Å². The van der Waals surface area contributed by atoms with Crippen LogP contribution in [0.25, 0.3) is 11.0 Å². The molecule has 0 saturated heterocycles. The summed E-state index contributed by atoms with van der Waals surface area (Å²) < 4.78 is 2.03. The van der Waals surface area contributed by atoms with E-state index in [9.17, 15) is 0 Å². The first kappa shape index (κ1) is 7.28. The standard InChI is InChI=1S/C9H11N3/c1-6-7(2)10-4-8-9(6)12(3)5-11-8/h4-5H,1-3H3. The molecule has 2 heterocycles. The molecule has 12 heavy (non-hydrogen) atoms. The van der Waals surface area contributed by atoms with E-state index in [1.165, 1.54) is 11.1 Å². The summed E-state index contributed by atoms with van der Waals surface area (Å²) in [6, 6.07) is 0. The Morgan fingerprint density at radius 1 is 1.25 bits per heavy atom. The van der Waals surface area contributed by atoms with Crippen molar-refractivity contribution in [3.05, 3.63) is 23.8 Å². The van der Waals surface area contributed by atoms with E-state index in [0.717, 1.165) is 11.2 Å². The molecule has 2 aromatic heterocycles.